The third-order valence-electron chi connectivity index (χ3n) is 5.77. The predicted octanol–water partition coefficient (Wildman–Crippen LogP) is 4.86. The van der Waals surface area contributed by atoms with Crippen LogP contribution in [0.4, 0.5) is 4.39 Å². The number of nitrogens with zero attached hydrogens (tertiary/aromatic N) is 3. The summed E-state index contributed by atoms with van der Waals surface area (Å²) in [5, 5.41) is 7.55. The molecule has 2 aromatic heterocycles. The van der Waals surface area contributed by atoms with Crippen LogP contribution in [-0.4, -0.2) is 27.3 Å². The van der Waals surface area contributed by atoms with E-state index < -0.39 is 5.82 Å². The van der Waals surface area contributed by atoms with Crippen molar-refractivity contribution in [1.82, 2.24) is 19.9 Å². The van der Waals surface area contributed by atoms with E-state index in [9.17, 15) is 9.18 Å². The molecule has 0 saturated heterocycles. The Morgan fingerprint density at radius 1 is 0.914 bits per heavy atom. The maximum absolute atomic E-state index is 14.6. The Morgan fingerprint density at radius 2 is 1.71 bits per heavy atom. The van der Waals surface area contributed by atoms with Crippen molar-refractivity contribution in [3.8, 4) is 34.0 Å². The van der Waals surface area contributed by atoms with E-state index in [-0.39, 0.29) is 24.9 Å². The summed E-state index contributed by atoms with van der Waals surface area (Å²) in [5.41, 5.74) is 3.75. The zero-order chi connectivity index (χ0) is 23.8. The number of ether oxygens (including phenoxy) is 2. The third-order valence-corrected chi connectivity index (χ3v) is 5.77. The zero-order valence-corrected chi connectivity index (χ0v) is 18.4. The van der Waals surface area contributed by atoms with Crippen molar-refractivity contribution in [2.75, 3.05) is 6.79 Å². The topological polar surface area (TPSA) is 77.8 Å². The van der Waals surface area contributed by atoms with E-state index in [0.717, 1.165) is 11.1 Å². The standard InChI is InChI=1S/C27H19FN4O3/c28-20-9-5-4-8-19(20)22-13-23(27(33)29-15-17-10-11-24-25(12-17)35-16-34-24)32-26(30-22)14-21(31-32)18-6-2-1-3-7-18/h1-14H,15-16H2,(H,29,33). The highest BCUT2D eigenvalue weighted by atomic mass is 19.1. The summed E-state index contributed by atoms with van der Waals surface area (Å²) >= 11 is 0. The van der Waals surface area contributed by atoms with Crippen molar-refractivity contribution >= 4 is 11.6 Å². The Balaban J connectivity index is 1.39. The van der Waals surface area contributed by atoms with Gasteiger partial charge in [-0.15, -0.1) is 0 Å². The Morgan fingerprint density at radius 3 is 2.57 bits per heavy atom. The fraction of sp³-hybridized carbons (Fsp3) is 0.0741. The fourth-order valence-corrected chi connectivity index (χ4v) is 4.02. The molecule has 0 atom stereocenters. The first kappa shape index (κ1) is 20.9. The average Bonchev–Trinajstić information content (AvgIpc) is 3.54. The molecule has 0 fully saturated rings. The Kier molecular flexibility index (Phi) is 5.11. The molecular weight excluding hydrogens is 447 g/mol. The van der Waals surface area contributed by atoms with E-state index >= 15 is 0 Å². The van der Waals surface area contributed by atoms with Gasteiger partial charge in [0.2, 0.25) is 6.79 Å². The van der Waals surface area contributed by atoms with Gasteiger partial charge >= 0.3 is 0 Å². The van der Waals surface area contributed by atoms with E-state index in [1.54, 1.807) is 30.3 Å². The predicted molar refractivity (Wildman–Crippen MR) is 128 cm³/mol. The Hall–Kier alpha value is -4.72. The number of aromatic nitrogens is 3. The van der Waals surface area contributed by atoms with Gasteiger partial charge < -0.3 is 14.8 Å². The summed E-state index contributed by atoms with van der Waals surface area (Å²) in [4.78, 5) is 17.9. The first-order valence-corrected chi connectivity index (χ1v) is 11.0. The molecule has 0 unspecified atom stereocenters. The van der Waals surface area contributed by atoms with Gasteiger partial charge in [0.1, 0.15) is 11.5 Å². The summed E-state index contributed by atoms with van der Waals surface area (Å²) in [6.45, 7) is 0.448. The molecule has 1 amide bonds. The Labute approximate surface area is 199 Å². The number of hydrogen-bond donors (Lipinski definition) is 1. The van der Waals surface area contributed by atoms with Crippen LogP contribution in [0.15, 0.2) is 84.9 Å². The van der Waals surface area contributed by atoms with Gasteiger partial charge in [-0.1, -0.05) is 48.5 Å². The van der Waals surface area contributed by atoms with Gasteiger partial charge in [0.25, 0.3) is 5.91 Å². The van der Waals surface area contributed by atoms with Crippen molar-refractivity contribution in [2.45, 2.75) is 6.54 Å². The Bertz CT molecular complexity index is 1570. The van der Waals surface area contributed by atoms with Crippen molar-refractivity contribution in [3.05, 3.63) is 102 Å². The minimum atomic E-state index is -0.418. The van der Waals surface area contributed by atoms with Crippen molar-refractivity contribution < 1.29 is 18.7 Å². The number of carbonyl (C=O) groups excluding carboxylic acids is 1. The van der Waals surface area contributed by atoms with E-state index in [1.807, 2.05) is 48.5 Å². The van der Waals surface area contributed by atoms with Crippen LogP contribution >= 0.6 is 0 Å². The molecule has 3 heterocycles. The van der Waals surface area contributed by atoms with Gasteiger partial charge in [-0.25, -0.2) is 13.9 Å². The second-order valence-electron chi connectivity index (χ2n) is 8.04. The normalized spacial score (nSPS) is 12.1. The van der Waals surface area contributed by atoms with Gasteiger partial charge in [0.05, 0.1) is 11.4 Å². The first-order valence-electron chi connectivity index (χ1n) is 11.0. The third kappa shape index (κ3) is 3.95. The van der Waals surface area contributed by atoms with Crippen molar-refractivity contribution in [2.24, 2.45) is 0 Å². The lowest BCUT2D eigenvalue weighted by molar-refractivity contribution is 0.0943. The van der Waals surface area contributed by atoms with Gasteiger partial charge in [0, 0.05) is 23.7 Å². The second-order valence-corrected chi connectivity index (χ2v) is 8.04. The molecule has 0 saturated carbocycles. The van der Waals surface area contributed by atoms with E-state index in [2.05, 4.69) is 15.4 Å². The smallest absolute Gasteiger partial charge is 0.270 e. The van der Waals surface area contributed by atoms with Crippen molar-refractivity contribution in [1.29, 1.82) is 0 Å². The molecule has 0 aliphatic carbocycles. The quantitative estimate of drug-likeness (QED) is 0.400. The molecule has 3 aromatic carbocycles. The SMILES string of the molecule is O=C(NCc1ccc2c(c1)OCO2)c1cc(-c2ccccc2F)nc2cc(-c3ccccc3)nn12. The molecule has 0 bridgehead atoms. The highest BCUT2D eigenvalue weighted by molar-refractivity contribution is 5.94. The summed E-state index contributed by atoms with van der Waals surface area (Å²) in [7, 11) is 0. The molecule has 1 aliphatic rings. The van der Waals surface area contributed by atoms with Crippen LogP contribution in [0.2, 0.25) is 0 Å². The van der Waals surface area contributed by atoms with Crippen LogP contribution in [0.5, 0.6) is 11.5 Å². The minimum Gasteiger partial charge on any atom is -0.454 e. The highest BCUT2D eigenvalue weighted by Gasteiger charge is 2.19. The summed E-state index contributed by atoms with van der Waals surface area (Å²) in [6.07, 6.45) is 0. The molecule has 8 heteroatoms. The van der Waals surface area contributed by atoms with Gasteiger partial charge in [0.15, 0.2) is 17.1 Å². The lowest BCUT2D eigenvalue weighted by atomic mass is 10.1. The molecule has 35 heavy (non-hydrogen) atoms. The maximum atomic E-state index is 14.6. The van der Waals surface area contributed by atoms with Gasteiger partial charge in [-0.05, 0) is 35.9 Å². The first-order chi connectivity index (χ1) is 17.2. The number of carbonyl (C=O) groups is 1. The molecule has 1 N–H and O–H groups in total. The molecule has 7 nitrogen and oxygen atoms in total. The summed E-state index contributed by atoms with van der Waals surface area (Å²) in [6, 6.07) is 24.8. The van der Waals surface area contributed by atoms with Gasteiger partial charge in [-0.3, -0.25) is 4.79 Å². The number of halogens is 1. The number of rotatable bonds is 5. The van der Waals surface area contributed by atoms with Crippen LogP contribution < -0.4 is 14.8 Å². The highest BCUT2D eigenvalue weighted by Crippen LogP contribution is 2.32. The number of fused-ring (bicyclic) bond motifs is 2. The number of hydrogen-bond acceptors (Lipinski definition) is 5. The zero-order valence-electron chi connectivity index (χ0n) is 18.4. The molecule has 5 aromatic rings. The molecule has 6 rings (SSSR count). The molecule has 0 radical (unpaired) electrons. The largest absolute Gasteiger partial charge is 0.454 e. The summed E-state index contributed by atoms with van der Waals surface area (Å²) in [5.74, 6) is 0.536. The molecule has 1 aliphatic heterocycles. The van der Waals surface area contributed by atoms with Crippen LogP contribution in [0.3, 0.4) is 0 Å². The molecule has 172 valence electrons. The number of benzene rings is 3. The number of amides is 1. The lowest BCUT2D eigenvalue weighted by Crippen LogP contribution is -2.25. The fourth-order valence-electron chi connectivity index (χ4n) is 4.02. The maximum Gasteiger partial charge on any atom is 0.270 e. The van der Waals surface area contributed by atoms with Crippen LogP contribution in [0.1, 0.15) is 16.1 Å². The van der Waals surface area contributed by atoms with Crippen LogP contribution in [0, 0.1) is 5.82 Å². The van der Waals surface area contributed by atoms with Crippen LogP contribution in [-0.2, 0) is 6.54 Å². The van der Waals surface area contributed by atoms with Gasteiger partial charge in [-0.2, -0.15) is 5.10 Å². The second kappa shape index (κ2) is 8.57. The van der Waals surface area contributed by atoms with Crippen LogP contribution in [0.25, 0.3) is 28.2 Å². The van der Waals surface area contributed by atoms with E-state index in [1.165, 1.54) is 10.6 Å². The van der Waals surface area contributed by atoms with Crippen molar-refractivity contribution in [3.63, 3.8) is 0 Å². The van der Waals surface area contributed by atoms with E-state index in [4.69, 9.17) is 9.47 Å². The molecule has 0 spiro atoms. The average molecular weight is 466 g/mol. The summed E-state index contributed by atoms with van der Waals surface area (Å²) < 4.78 is 26.8. The van der Waals surface area contributed by atoms with E-state index in [0.29, 0.717) is 34.1 Å². The number of nitrogens with one attached hydrogen (secondary N) is 1. The molecular formula is C27H19FN4O3. The minimum absolute atomic E-state index is 0.183. The monoisotopic (exact) mass is 466 g/mol. The lowest BCUT2D eigenvalue weighted by Gasteiger charge is -2.10.